The van der Waals surface area contributed by atoms with E-state index in [0.29, 0.717) is 0 Å². The summed E-state index contributed by atoms with van der Waals surface area (Å²) < 4.78 is 5.73. The number of rotatable bonds is 2. The Labute approximate surface area is 72.3 Å². The topological polar surface area (TPSA) is 9.23 Å². The summed E-state index contributed by atoms with van der Waals surface area (Å²) in [7, 11) is 0. The molecule has 0 bridgehead atoms. The molecule has 0 unspecified atom stereocenters. The van der Waals surface area contributed by atoms with Gasteiger partial charge in [-0.3, -0.25) is 0 Å². The lowest BCUT2D eigenvalue weighted by molar-refractivity contribution is -0.0982. The molecule has 0 aromatic carbocycles. The highest BCUT2D eigenvalue weighted by Gasteiger charge is 2.23. The fraction of sp³-hybridized carbons (Fsp3) is 1.00. The van der Waals surface area contributed by atoms with Crippen LogP contribution in [-0.4, -0.2) is 16.5 Å². The molecule has 2 heteroatoms. The molecule has 0 aromatic heterocycles. The van der Waals surface area contributed by atoms with Crippen molar-refractivity contribution in [2.75, 3.05) is 5.33 Å². The first-order chi connectivity index (χ1) is 4.27. The zero-order valence-electron chi connectivity index (χ0n) is 7.49. The summed E-state index contributed by atoms with van der Waals surface area (Å²) in [5, 5.41) is 0.872. The first-order valence-electron chi connectivity index (χ1n) is 3.53. The maximum absolute atomic E-state index is 5.73. The van der Waals surface area contributed by atoms with E-state index < -0.39 is 0 Å². The molecule has 1 nitrogen and oxygen atoms in total. The van der Waals surface area contributed by atoms with E-state index in [0.717, 1.165) is 5.33 Å². The molecule has 0 fully saturated rings. The second kappa shape index (κ2) is 3.22. The van der Waals surface area contributed by atoms with Crippen molar-refractivity contribution in [1.29, 1.82) is 0 Å². The summed E-state index contributed by atoms with van der Waals surface area (Å²) in [5.41, 5.74) is -0.102. The summed E-state index contributed by atoms with van der Waals surface area (Å²) in [5.74, 6) is 0. The van der Waals surface area contributed by atoms with Gasteiger partial charge in [-0.05, 0) is 34.6 Å². The number of halogens is 1. The monoisotopic (exact) mass is 208 g/mol. The van der Waals surface area contributed by atoms with Crippen molar-refractivity contribution in [1.82, 2.24) is 0 Å². The maximum atomic E-state index is 5.73. The smallest absolute Gasteiger partial charge is 0.0730 e. The van der Waals surface area contributed by atoms with Crippen LogP contribution >= 0.6 is 15.9 Å². The minimum Gasteiger partial charge on any atom is -0.369 e. The van der Waals surface area contributed by atoms with E-state index in [9.17, 15) is 0 Å². The molecule has 0 aliphatic carbocycles. The predicted molar refractivity (Wildman–Crippen MR) is 48.7 cm³/mol. The lowest BCUT2D eigenvalue weighted by atomic mass is 10.1. The Morgan fingerprint density at radius 2 is 1.50 bits per heavy atom. The molecule has 0 saturated heterocycles. The molecule has 0 atom stereocenters. The van der Waals surface area contributed by atoms with Gasteiger partial charge < -0.3 is 4.74 Å². The highest BCUT2D eigenvalue weighted by Crippen LogP contribution is 2.20. The third kappa shape index (κ3) is 5.24. The van der Waals surface area contributed by atoms with Crippen molar-refractivity contribution in [3.05, 3.63) is 0 Å². The largest absolute Gasteiger partial charge is 0.369 e. The summed E-state index contributed by atoms with van der Waals surface area (Å²) in [6, 6.07) is 0. The van der Waals surface area contributed by atoms with Gasteiger partial charge in [-0.2, -0.15) is 0 Å². The van der Waals surface area contributed by atoms with Crippen LogP contribution in [0.25, 0.3) is 0 Å². The predicted octanol–water partition coefficient (Wildman–Crippen LogP) is 2.98. The molecule has 0 N–H and O–H groups in total. The first-order valence-corrected chi connectivity index (χ1v) is 4.65. The molecular weight excluding hydrogens is 192 g/mol. The van der Waals surface area contributed by atoms with Crippen LogP contribution in [0.4, 0.5) is 0 Å². The fourth-order valence-corrected chi connectivity index (χ4v) is 0.971. The second-order valence-electron chi connectivity index (χ2n) is 4.11. The van der Waals surface area contributed by atoms with E-state index >= 15 is 0 Å². The number of hydrogen-bond donors (Lipinski definition) is 0. The highest BCUT2D eigenvalue weighted by molar-refractivity contribution is 9.09. The van der Waals surface area contributed by atoms with Gasteiger partial charge in [0.1, 0.15) is 0 Å². The molecule has 0 saturated carbocycles. The van der Waals surface area contributed by atoms with Crippen LogP contribution in [0.15, 0.2) is 0 Å². The van der Waals surface area contributed by atoms with Gasteiger partial charge in [0.15, 0.2) is 0 Å². The summed E-state index contributed by atoms with van der Waals surface area (Å²) in [4.78, 5) is 0. The number of ether oxygens (including phenoxy) is 1. The molecule has 62 valence electrons. The first kappa shape index (κ1) is 10.4. The van der Waals surface area contributed by atoms with Gasteiger partial charge in [0.2, 0.25) is 0 Å². The van der Waals surface area contributed by atoms with E-state index in [2.05, 4.69) is 50.5 Å². The molecule has 0 aromatic rings. The van der Waals surface area contributed by atoms with Gasteiger partial charge in [0.25, 0.3) is 0 Å². The molecule has 0 aliphatic rings. The van der Waals surface area contributed by atoms with Crippen LogP contribution < -0.4 is 0 Å². The Morgan fingerprint density at radius 1 is 1.10 bits per heavy atom. The summed E-state index contributed by atoms with van der Waals surface area (Å²) >= 11 is 3.40. The normalized spacial score (nSPS) is 13.8. The SMILES string of the molecule is CC(C)(C)OC(C)(C)CBr. The zero-order valence-corrected chi connectivity index (χ0v) is 9.08. The van der Waals surface area contributed by atoms with Crippen molar-refractivity contribution in [2.45, 2.75) is 45.8 Å². The minimum absolute atomic E-state index is 0.0444. The van der Waals surface area contributed by atoms with E-state index in [1.54, 1.807) is 0 Å². The third-order valence-electron chi connectivity index (χ3n) is 0.904. The van der Waals surface area contributed by atoms with Crippen LogP contribution in [0.3, 0.4) is 0 Å². The van der Waals surface area contributed by atoms with Crippen LogP contribution in [0.2, 0.25) is 0 Å². The van der Waals surface area contributed by atoms with Crippen molar-refractivity contribution in [2.24, 2.45) is 0 Å². The Morgan fingerprint density at radius 3 is 1.60 bits per heavy atom. The van der Waals surface area contributed by atoms with Gasteiger partial charge >= 0.3 is 0 Å². The van der Waals surface area contributed by atoms with Crippen LogP contribution in [-0.2, 0) is 4.74 Å². The summed E-state index contributed by atoms with van der Waals surface area (Å²) in [6.07, 6.45) is 0. The standard InChI is InChI=1S/C8H17BrO/c1-7(2,3)10-8(4,5)6-9/h6H2,1-5H3. The fourth-order valence-electron chi connectivity index (χ4n) is 0.856. The lowest BCUT2D eigenvalue weighted by Gasteiger charge is -2.32. The van der Waals surface area contributed by atoms with E-state index in [1.165, 1.54) is 0 Å². The number of alkyl halides is 1. The van der Waals surface area contributed by atoms with E-state index in [-0.39, 0.29) is 11.2 Å². The molecule has 10 heavy (non-hydrogen) atoms. The van der Waals surface area contributed by atoms with E-state index in [4.69, 9.17) is 4.74 Å². The van der Waals surface area contributed by atoms with Crippen LogP contribution in [0, 0.1) is 0 Å². The van der Waals surface area contributed by atoms with Gasteiger partial charge in [0.05, 0.1) is 11.2 Å². The Balaban J connectivity index is 3.89. The Bertz CT molecular complexity index is 102. The highest BCUT2D eigenvalue weighted by atomic mass is 79.9. The van der Waals surface area contributed by atoms with Crippen LogP contribution in [0.1, 0.15) is 34.6 Å². The molecule has 0 rings (SSSR count). The van der Waals surface area contributed by atoms with Crippen LogP contribution in [0.5, 0.6) is 0 Å². The van der Waals surface area contributed by atoms with Crippen molar-refractivity contribution >= 4 is 15.9 Å². The van der Waals surface area contributed by atoms with Gasteiger partial charge in [-0.15, -0.1) is 0 Å². The molecule has 0 amide bonds. The molecule has 0 radical (unpaired) electrons. The molecular formula is C8H17BrO. The minimum atomic E-state index is -0.0573. The average Bonchev–Trinajstić information content (AvgIpc) is 1.60. The molecule has 0 heterocycles. The molecule has 0 aliphatic heterocycles. The Hall–Kier alpha value is 0.440. The van der Waals surface area contributed by atoms with Gasteiger partial charge in [-0.25, -0.2) is 0 Å². The van der Waals surface area contributed by atoms with Gasteiger partial charge in [-0.1, -0.05) is 15.9 Å². The zero-order chi connectivity index (χ0) is 8.41. The number of hydrogen-bond acceptors (Lipinski definition) is 1. The second-order valence-corrected chi connectivity index (χ2v) is 4.67. The molecule has 0 spiro atoms. The van der Waals surface area contributed by atoms with Crippen molar-refractivity contribution in [3.8, 4) is 0 Å². The van der Waals surface area contributed by atoms with E-state index in [1.807, 2.05) is 0 Å². The maximum Gasteiger partial charge on any atom is 0.0730 e. The average molecular weight is 209 g/mol. The Kier molecular flexibility index (Phi) is 3.37. The van der Waals surface area contributed by atoms with Crippen molar-refractivity contribution in [3.63, 3.8) is 0 Å². The quantitative estimate of drug-likeness (QED) is 0.635. The van der Waals surface area contributed by atoms with Gasteiger partial charge in [0, 0.05) is 5.33 Å². The lowest BCUT2D eigenvalue weighted by Crippen LogP contribution is -2.35. The third-order valence-corrected chi connectivity index (χ3v) is 2.25. The summed E-state index contributed by atoms with van der Waals surface area (Å²) in [6.45, 7) is 10.4. The van der Waals surface area contributed by atoms with Crippen molar-refractivity contribution < 1.29 is 4.74 Å².